The predicted molar refractivity (Wildman–Crippen MR) is 79.3 cm³/mol. The molecule has 1 unspecified atom stereocenters. The van der Waals surface area contributed by atoms with Crippen molar-refractivity contribution in [3.05, 3.63) is 0 Å². The molecule has 0 aromatic rings. The molecule has 0 bridgehead atoms. The zero-order chi connectivity index (χ0) is 14.3. The Kier molecular flexibility index (Phi) is 13.4. The zero-order valence-electron chi connectivity index (χ0n) is 13.1. The third-order valence-electron chi connectivity index (χ3n) is 3.40. The van der Waals surface area contributed by atoms with Crippen LogP contribution in [0.25, 0.3) is 0 Å². The fraction of sp³-hybridized carbons (Fsp3) is 0.938. The first kappa shape index (κ1) is 18.4. The first-order chi connectivity index (χ1) is 9.24. The molecule has 0 aliphatic heterocycles. The predicted octanol–water partition coefficient (Wildman–Crippen LogP) is 4.49. The highest BCUT2D eigenvalue weighted by Gasteiger charge is 2.11. The van der Waals surface area contributed by atoms with Gasteiger partial charge in [-0.1, -0.05) is 58.8 Å². The molecule has 0 amide bonds. The number of esters is 1. The van der Waals surface area contributed by atoms with Gasteiger partial charge in [0.2, 0.25) is 0 Å². The van der Waals surface area contributed by atoms with Gasteiger partial charge in [0.05, 0.1) is 0 Å². The Bertz CT molecular complexity index is 204. The second-order valence-electron chi connectivity index (χ2n) is 5.22. The minimum atomic E-state index is -0.242. The Hall–Kier alpha value is -0.570. The van der Waals surface area contributed by atoms with E-state index in [1.54, 1.807) is 0 Å². The van der Waals surface area contributed by atoms with Gasteiger partial charge in [-0.2, -0.15) is 0 Å². The van der Waals surface area contributed by atoms with Crippen LogP contribution in [0.2, 0.25) is 0 Å². The molecule has 114 valence electrons. The number of hydrogen-bond donors (Lipinski definition) is 0. The highest BCUT2D eigenvalue weighted by molar-refractivity contribution is 5.70. The summed E-state index contributed by atoms with van der Waals surface area (Å²) in [5.41, 5.74) is 0. The van der Waals surface area contributed by atoms with Crippen molar-refractivity contribution in [1.82, 2.24) is 0 Å². The van der Waals surface area contributed by atoms with Crippen LogP contribution in [0.3, 0.4) is 0 Å². The van der Waals surface area contributed by atoms with Gasteiger partial charge < -0.3 is 9.47 Å². The number of carbonyl (C=O) groups excluding carboxylic acids is 1. The number of carbonyl (C=O) groups is 1. The van der Waals surface area contributed by atoms with E-state index < -0.39 is 0 Å². The second kappa shape index (κ2) is 13.9. The molecule has 0 heterocycles. The van der Waals surface area contributed by atoms with Crippen LogP contribution >= 0.6 is 0 Å². The molecule has 0 saturated heterocycles. The molecule has 19 heavy (non-hydrogen) atoms. The number of unbranched alkanes of at least 4 members (excludes halogenated alkanes) is 7. The topological polar surface area (TPSA) is 35.5 Å². The quantitative estimate of drug-likeness (QED) is 0.366. The molecular weight excluding hydrogens is 240 g/mol. The van der Waals surface area contributed by atoms with Crippen LogP contribution in [0.1, 0.15) is 78.1 Å². The number of rotatable bonds is 13. The van der Waals surface area contributed by atoms with Crippen molar-refractivity contribution >= 4 is 5.97 Å². The van der Waals surface area contributed by atoms with Crippen LogP contribution in [0.15, 0.2) is 0 Å². The van der Waals surface area contributed by atoms with Gasteiger partial charge in [0.25, 0.3) is 0 Å². The molecule has 3 nitrogen and oxygen atoms in total. The third-order valence-corrected chi connectivity index (χ3v) is 3.40. The van der Waals surface area contributed by atoms with Crippen LogP contribution in [-0.2, 0) is 14.3 Å². The van der Waals surface area contributed by atoms with Crippen molar-refractivity contribution < 1.29 is 14.3 Å². The van der Waals surface area contributed by atoms with E-state index in [0.717, 1.165) is 19.3 Å². The van der Waals surface area contributed by atoms with Gasteiger partial charge in [0.15, 0.2) is 0 Å². The largest absolute Gasteiger partial charge is 0.461 e. The monoisotopic (exact) mass is 272 g/mol. The highest BCUT2D eigenvalue weighted by atomic mass is 16.6. The Labute approximate surface area is 119 Å². The minimum absolute atomic E-state index is 0.0634. The van der Waals surface area contributed by atoms with E-state index in [0.29, 0.717) is 0 Å². The minimum Gasteiger partial charge on any atom is -0.461 e. The Morgan fingerprint density at radius 2 is 1.53 bits per heavy atom. The zero-order valence-corrected chi connectivity index (χ0v) is 13.1. The molecule has 0 saturated carbocycles. The smallest absolute Gasteiger partial charge is 0.332 e. The molecule has 0 N–H and O–H groups in total. The van der Waals surface area contributed by atoms with Crippen molar-refractivity contribution in [3.8, 4) is 0 Å². The summed E-state index contributed by atoms with van der Waals surface area (Å²) in [4.78, 5) is 11.3. The molecule has 0 aliphatic rings. The van der Waals surface area contributed by atoms with Crippen LogP contribution in [0.4, 0.5) is 0 Å². The van der Waals surface area contributed by atoms with Crippen molar-refractivity contribution in [3.63, 3.8) is 0 Å². The second-order valence-corrected chi connectivity index (χ2v) is 5.22. The van der Waals surface area contributed by atoms with Crippen molar-refractivity contribution in [1.29, 1.82) is 0 Å². The van der Waals surface area contributed by atoms with E-state index in [1.807, 2.05) is 0 Å². The fourth-order valence-electron chi connectivity index (χ4n) is 2.19. The average molecular weight is 272 g/mol. The van der Waals surface area contributed by atoms with E-state index in [9.17, 15) is 4.79 Å². The molecule has 0 aromatic carbocycles. The molecule has 0 rings (SSSR count). The Balaban J connectivity index is 3.43. The maximum Gasteiger partial charge on any atom is 0.332 e. The lowest BCUT2D eigenvalue weighted by atomic mass is 10.0. The summed E-state index contributed by atoms with van der Waals surface area (Å²) in [6.45, 7) is 4.37. The number of methoxy groups -OCH3 is 1. The van der Waals surface area contributed by atoms with Gasteiger partial charge in [0, 0.05) is 7.11 Å². The molecule has 0 fully saturated rings. The van der Waals surface area contributed by atoms with Crippen molar-refractivity contribution in [2.24, 2.45) is 0 Å². The van der Waals surface area contributed by atoms with Gasteiger partial charge in [-0.3, -0.25) is 0 Å². The van der Waals surface area contributed by atoms with E-state index >= 15 is 0 Å². The Morgan fingerprint density at radius 3 is 2.05 bits per heavy atom. The van der Waals surface area contributed by atoms with Gasteiger partial charge in [0.1, 0.15) is 12.7 Å². The maximum atomic E-state index is 11.3. The summed E-state index contributed by atoms with van der Waals surface area (Å²) >= 11 is 0. The maximum absolute atomic E-state index is 11.3. The van der Waals surface area contributed by atoms with Gasteiger partial charge in [-0.25, -0.2) is 4.79 Å². The normalized spacial score (nSPS) is 12.4. The van der Waals surface area contributed by atoms with Crippen molar-refractivity contribution in [2.45, 2.75) is 84.2 Å². The molecule has 0 radical (unpaired) electrons. The van der Waals surface area contributed by atoms with E-state index in [2.05, 4.69) is 13.8 Å². The van der Waals surface area contributed by atoms with E-state index in [1.165, 1.54) is 52.1 Å². The van der Waals surface area contributed by atoms with Crippen LogP contribution < -0.4 is 0 Å². The summed E-state index contributed by atoms with van der Waals surface area (Å²) < 4.78 is 10.1. The Morgan fingerprint density at radius 1 is 0.947 bits per heavy atom. The molecule has 3 heteroatoms. The summed E-state index contributed by atoms with van der Waals surface area (Å²) in [7, 11) is 1.51. The van der Waals surface area contributed by atoms with Gasteiger partial charge in [-0.05, 0) is 19.3 Å². The molecule has 1 atom stereocenters. The van der Waals surface area contributed by atoms with Gasteiger partial charge >= 0.3 is 5.97 Å². The molecular formula is C16H32O3. The third kappa shape index (κ3) is 12.2. The highest BCUT2D eigenvalue weighted by Crippen LogP contribution is 2.13. The lowest BCUT2D eigenvalue weighted by Crippen LogP contribution is -2.20. The fourth-order valence-corrected chi connectivity index (χ4v) is 2.19. The molecule has 0 aromatic heterocycles. The average Bonchev–Trinajstić information content (AvgIpc) is 2.40. The SMILES string of the molecule is CCCCCCCCCCC(CC)OC(=O)COC. The standard InChI is InChI=1S/C16H32O3/c1-4-6-7-8-9-10-11-12-13-15(5-2)19-16(17)14-18-3/h15H,4-14H2,1-3H3. The summed E-state index contributed by atoms with van der Waals surface area (Å²) in [6.07, 6.45) is 12.5. The van der Waals surface area contributed by atoms with Crippen molar-refractivity contribution in [2.75, 3.05) is 13.7 Å². The van der Waals surface area contributed by atoms with Crippen LogP contribution in [0, 0.1) is 0 Å². The number of hydrogen-bond acceptors (Lipinski definition) is 3. The van der Waals surface area contributed by atoms with E-state index in [4.69, 9.17) is 9.47 Å². The van der Waals surface area contributed by atoms with E-state index in [-0.39, 0.29) is 18.7 Å². The lowest BCUT2D eigenvalue weighted by Gasteiger charge is -2.15. The summed E-state index contributed by atoms with van der Waals surface area (Å²) in [6, 6.07) is 0. The van der Waals surface area contributed by atoms with Crippen LogP contribution in [-0.4, -0.2) is 25.8 Å². The molecule has 0 spiro atoms. The summed E-state index contributed by atoms with van der Waals surface area (Å²) in [5.74, 6) is -0.242. The molecule has 0 aliphatic carbocycles. The van der Waals surface area contributed by atoms with Crippen LogP contribution in [0.5, 0.6) is 0 Å². The summed E-state index contributed by atoms with van der Waals surface area (Å²) in [5, 5.41) is 0. The number of ether oxygens (including phenoxy) is 2. The lowest BCUT2D eigenvalue weighted by molar-refractivity contribution is -0.153. The first-order valence-electron chi connectivity index (χ1n) is 7.93. The van der Waals surface area contributed by atoms with Gasteiger partial charge in [-0.15, -0.1) is 0 Å². The first-order valence-corrected chi connectivity index (χ1v) is 7.93.